The van der Waals surface area contributed by atoms with Crippen molar-refractivity contribution in [1.29, 1.82) is 0 Å². The zero-order valence-corrected chi connectivity index (χ0v) is 11.2. The Bertz CT molecular complexity index is 414. The number of carbonyl (C=O) groups is 1. The third-order valence-electron chi connectivity index (χ3n) is 3.25. The molecule has 0 aromatic heterocycles. The fraction of sp³-hybridized carbons (Fsp3) is 0.438. The number of amides is 1. The average Bonchev–Trinajstić information content (AvgIpc) is 2.41. The Morgan fingerprint density at radius 1 is 1.21 bits per heavy atom. The molecule has 0 saturated heterocycles. The maximum Gasteiger partial charge on any atom is 0.407 e. The molecule has 1 amide bonds. The van der Waals surface area contributed by atoms with Crippen LogP contribution in [0.25, 0.3) is 0 Å². The van der Waals surface area contributed by atoms with Gasteiger partial charge in [-0.2, -0.15) is 0 Å². The molecule has 3 nitrogen and oxygen atoms in total. The highest BCUT2D eigenvalue weighted by Crippen LogP contribution is 2.14. The first-order chi connectivity index (χ1) is 9.34. The lowest BCUT2D eigenvalue weighted by Crippen LogP contribution is -2.28. The largest absolute Gasteiger partial charge is 0.442 e. The molecule has 19 heavy (non-hydrogen) atoms. The molecule has 0 radical (unpaired) electrons. The quantitative estimate of drug-likeness (QED) is 0.838. The van der Waals surface area contributed by atoms with Crippen LogP contribution >= 0.6 is 0 Å². The molecule has 2 rings (SSSR count). The molecule has 1 aliphatic rings. The van der Waals surface area contributed by atoms with E-state index in [4.69, 9.17) is 4.74 Å². The lowest BCUT2D eigenvalue weighted by Gasteiger charge is -2.16. The van der Waals surface area contributed by atoms with E-state index >= 15 is 0 Å². The second-order valence-corrected chi connectivity index (χ2v) is 4.85. The molecule has 3 heteroatoms. The van der Waals surface area contributed by atoms with Crippen LogP contribution in [-0.4, -0.2) is 12.2 Å². The number of nitrogens with one attached hydrogen (secondary N) is 1. The van der Waals surface area contributed by atoms with Crippen molar-refractivity contribution in [3.63, 3.8) is 0 Å². The van der Waals surface area contributed by atoms with Gasteiger partial charge >= 0.3 is 6.09 Å². The van der Waals surface area contributed by atoms with Gasteiger partial charge < -0.3 is 10.1 Å². The van der Waals surface area contributed by atoms with Crippen molar-refractivity contribution in [1.82, 2.24) is 5.32 Å². The van der Waals surface area contributed by atoms with Crippen LogP contribution < -0.4 is 5.32 Å². The van der Waals surface area contributed by atoms with Crippen LogP contribution in [-0.2, 0) is 11.3 Å². The second-order valence-electron chi connectivity index (χ2n) is 4.85. The summed E-state index contributed by atoms with van der Waals surface area (Å²) in [5, 5.41) is 2.79. The summed E-state index contributed by atoms with van der Waals surface area (Å²) in [6, 6.07) is 9.84. The third kappa shape index (κ3) is 5.16. The molecule has 0 saturated carbocycles. The normalized spacial score (nSPS) is 20.9. The highest BCUT2D eigenvalue weighted by Gasteiger charge is 2.12. The molecule has 1 aliphatic carbocycles. The molecule has 0 bridgehead atoms. The van der Waals surface area contributed by atoms with E-state index in [0.29, 0.717) is 6.54 Å². The maximum absolute atomic E-state index is 11.7. The van der Waals surface area contributed by atoms with Crippen LogP contribution in [0.4, 0.5) is 4.79 Å². The maximum atomic E-state index is 11.7. The molecule has 102 valence electrons. The minimum absolute atomic E-state index is 0.0731. The number of alkyl carbamates (subject to hydrolysis) is 1. The van der Waals surface area contributed by atoms with E-state index in [0.717, 1.165) is 24.8 Å². The van der Waals surface area contributed by atoms with Gasteiger partial charge in [0.15, 0.2) is 0 Å². The summed E-state index contributed by atoms with van der Waals surface area (Å²) in [4.78, 5) is 11.7. The SMILES string of the molecule is O=C(NCc1ccccc1)OC1/C=C\CCCCC1. The van der Waals surface area contributed by atoms with Crippen molar-refractivity contribution in [2.45, 2.75) is 44.8 Å². The summed E-state index contributed by atoms with van der Waals surface area (Å²) in [6.07, 6.45) is 9.33. The van der Waals surface area contributed by atoms with Gasteiger partial charge in [0.2, 0.25) is 0 Å². The number of carbonyl (C=O) groups excluding carboxylic acids is 1. The fourth-order valence-corrected chi connectivity index (χ4v) is 2.18. The number of ether oxygens (including phenoxy) is 1. The fourth-order valence-electron chi connectivity index (χ4n) is 2.18. The van der Waals surface area contributed by atoms with Gasteiger partial charge in [-0.25, -0.2) is 4.79 Å². The van der Waals surface area contributed by atoms with Crippen LogP contribution in [0.3, 0.4) is 0 Å². The minimum Gasteiger partial charge on any atom is -0.442 e. The Kier molecular flexibility index (Phi) is 5.48. The first kappa shape index (κ1) is 13.7. The third-order valence-corrected chi connectivity index (χ3v) is 3.25. The monoisotopic (exact) mass is 259 g/mol. The predicted octanol–water partition coefficient (Wildman–Crippen LogP) is 3.80. The number of hydrogen-bond donors (Lipinski definition) is 1. The van der Waals surface area contributed by atoms with E-state index in [1.54, 1.807) is 0 Å². The number of hydrogen-bond acceptors (Lipinski definition) is 2. The molecular weight excluding hydrogens is 238 g/mol. The standard InChI is InChI=1S/C16H21NO2/c18-16(17-13-14-9-5-4-6-10-14)19-15-11-7-2-1-3-8-12-15/h4-7,9-11,15H,1-3,8,12-13H2,(H,17,18)/b11-7-. The van der Waals surface area contributed by atoms with Crippen molar-refractivity contribution in [2.24, 2.45) is 0 Å². The molecule has 1 aromatic carbocycles. The van der Waals surface area contributed by atoms with E-state index in [1.165, 1.54) is 12.8 Å². The van der Waals surface area contributed by atoms with Gasteiger partial charge in [0.05, 0.1) is 0 Å². The molecule has 1 aromatic rings. The Balaban J connectivity index is 1.75. The van der Waals surface area contributed by atoms with Crippen LogP contribution in [0.15, 0.2) is 42.5 Å². The zero-order valence-electron chi connectivity index (χ0n) is 11.2. The lowest BCUT2D eigenvalue weighted by molar-refractivity contribution is 0.113. The molecule has 1 N–H and O–H groups in total. The molecule has 1 atom stereocenters. The van der Waals surface area contributed by atoms with Gasteiger partial charge in [-0.05, 0) is 37.3 Å². The van der Waals surface area contributed by atoms with Gasteiger partial charge in [-0.1, -0.05) is 42.8 Å². The van der Waals surface area contributed by atoms with Crippen molar-refractivity contribution < 1.29 is 9.53 Å². The molecule has 0 fully saturated rings. The van der Waals surface area contributed by atoms with E-state index in [9.17, 15) is 4.79 Å². The summed E-state index contributed by atoms with van der Waals surface area (Å²) >= 11 is 0. The van der Waals surface area contributed by atoms with E-state index < -0.39 is 0 Å². The first-order valence-corrected chi connectivity index (χ1v) is 6.99. The summed E-state index contributed by atoms with van der Waals surface area (Å²) in [5.74, 6) is 0. The van der Waals surface area contributed by atoms with E-state index in [2.05, 4.69) is 11.4 Å². The number of benzene rings is 1. The smallest absolute Gasteiger partial charge is 0.407 e. The van der Waals surface area contributed by atoms with Gasteiger partial charge in [-0.15, -0.1) is 0 Å². The van der Waals surface area contributed by atoms with Gasteiger partial charge in [0.25, 0.3) is 0 Å². The number of allylic oxidation sites excluding steroid dienone is 1. The summed E-state index contributed by atoms with van der Waals surface area (Å²) in [6.45, 7) is 0.510. The predicted molar refractivity (Wildman–Crippen MR) is 75.8 cm³/mol. The summed E-state index contributed by atoms with van der Waals surface area (Å²) in [7, 11) is 0. The lowest BCUT2D eigenvalue weighted by atomic mass is 10.0. The topological polar surface area (TPSA) is 38.3 Å². The van der Waals surface area contributed by atoms with Crippen molar-refractivity contribution >= 4 is 6.09 Å². The van der Waals surface area contributed by atoms with E-state index in [1.807, 2.05) is 36.4 Å². The first-order valence-electron chi connectivity index (χ1n) is 6.99. The van der Waals surface area contributed by atoms with Gasteiger partial charge in [0, 0.05) is 6.54 Å². The molecular formula is C16H21NO2. The van der Waals surface area contributed by atoms with Crippen LogP contribution in [0, 0.1) is 0 Å². The highest BCUT2D eigenvalue weighted by atomic mass is 16.6. The molecule has 0 heterocycles. The summed E-state index contributed by atoms with van der Waals surface area (Å²) < 4.78 is 5.41. The molecule has 0 spiro atoms. The number of rotatable bonds is 3. The van der Waals surface area contributed by atoms with Crippen LogP contribution in [0.5, 0.6) is 0 Å². The molecule has 1 unspecified atom stereocenters. The zero-order chi connectivity index (χ0) is 13.3. The van der Waals surface area contributed by atoms with Crippen molar-refractivity contribution in [3.8, 4) is 0 Å². The highest BCUT2D eigenvalue weighted by molar-refractivity contribution is 5.67. The Hall–Kier alpha value is -1.77. The van der Waals surface area contributed by atoms with Crippen molar-refractivity contribution in [2.75, 3.05) is 0 Å². The van der Waals surface area contributed by atoms with E-state index in [-0.39, 0.29) is 12.2 Å². The van der Waals surface area contributed by atoms with Crippen LogP contribution in [0.2, 0.25) is 0 Å². The Morgan fingerprint density at radius 3 is 2.89 bits per heavy atom. The average molecular weight is 259 g/mol. The summed E-state index contributed by atoms with van der Waals surface area (Å²) in [5.41, 5.74) is 1.08. The second kappa shape index (κ2) is 7.62. The Labute approximate surface area is 114 Å². The van der Waals surface area contributed by atoms with Crippen LogP contribution in [0.1, 0.15) is 37.7 Å². The van der Waals surface area contributed by atoms with Gasteiger partial charge in [-0.3, -0.25) is 0 Å². The van der Waals surface area contributed by atoms with Crippen molar-refractivity contribution in [3.05, 3.63) is 48.0 Å². The van der Waals surface area contributed by atoms with Gasteiger partial charge in [0.1, 0.15) is 6.10 Å². The minimum atomic E-state index is -0.334. The molecule has 0 aliphatic heterocycles. The Morgan fingerprint density at radius 2 is 2.05 bits per heavy atom.